The molecule has 0 aromatic carbocycles. The Labute approximate surface area is 113 Å². The van der Waals surface area contributed by atoms with Gasteiger partial charge in [-0.05, 0) is 25.2 Å². The molecule has 19 heavy (non-hydrogen) atoms. The van der Waals surface area contributed by atoms with Crippen molar-refractivity contribution in [1.82, 2.24) is 0 Å². The summed E-state index contributed by atoms with van der Waals surface area (Å²) in [5.41, 5.74) is 2.63. The van der Waals surface area contributed by atoms with Crippen LogP contribution in [0.3, 0.4) is 0 Å². The summed E-state index contributed by atoms with van der Waals surface area (Å²) in [6.07, 6.45) is 3.27. The average molecular weight is 258 g/mol. The summed E-state index contributed by atoms with van der Waals surface area (Å²) in [5.74, 6) is -0.0992. The van der Waals surface area contributed by atoms with Crippen LogP contribution in [0.4, 0.5) is 0 Å². The predicted molar refractivity (Wildman–Crippen MR) is 71.2 cm³/mol. The van der Waals surface area contributed by atoms with Crippen LogP contribution in [0.2, 0.25) is 0 Å². The van der Waals surface area contributed by atoms with Crippen LogP contribution in [0.15, 0.2) is 36.5 Å². The van der Waals surface area contributed by atoms with Gasteiger partial charge in [-0.1, -0.05) is 30.9 Å². The predicted octanol–water partition coefficient (Wildman–Crippen LogP) is 2.44. The molecule has 0 aromatic rings. The van der Waals surface area contributed by atoms with E-state index in [0.717, 1.165) is 36.7 Å². The number of rotatable bonds is 1. The lowest BCUT2D eigenvalue weighted by Crippen LogP contribution is -2.29. The zero-order chi connectivity index (χ0) is 13.7. The largest absolute Gasteiger partial charge is 0.458 e. The summed E-state index contributed by atoms with van der Waals surface area (Å²) in [5, 5.41) is 0. The number of allylic oxidation sites excluding steroid dienone is 1. The summed E-state index contributed by atoms with van der Waals surface area (Å²) in [6.45, 7) is 12.1. The Kier molecular flexibility index (Phi) is 2.73. The number of esters is 1. The van der Waals surface area contributed by atoms with Gasteiger partial charge in [-0.15, -0.1) is 0 Å². The molecule has 3 rings (SSSR count). The van der Waals surface area contributed by atoms with Crippen molar-refractivity contribution in [3.05, 3.63) is 36.5 Å². The molecule has 0 amide bonds. The van der Waals surface area contributed by atoms with Gasteiger partial charge in [0.1, 0.15) is 12.4 Å². The average Bonchev–Trinajstić information content (AvgIpc) is 2.81. The molecule has 0 bridgehead atoms. The van der Waals surface area contributed by atoms with Crippen LogP contribution in [-0.2, 0) is 14.3 Å². The second kappa shape index (κ2) is 4.19. The van der Waals surface area contributed by atoms with Gasteiger partial charge < -0.3 is 9.53 Å². The van der Waals surface area contributed by atoms with E-state index >= 15 is 0 Å². The molecule has 0 N–H and O–H groups in total. The number of carbonyl (C=O) groups is 2. The second-order valence-electron chi connectivity index (χ2n) is 5.88. The van der Waals surface area contributed by atoms with Crippen LogP contribution < -0.4 is 0 Å². The smallest absolute Gasteiger partial charge is 0.334 e. The van der Waals surface area contributed by atoms with Gasteiger partial charge in [-0.25, -0.2) is 4.79 Å². The van der Waals surface area contributed by atoms with Gasteiger partial charge >= 0.3 is 5.97 Å². The Hall–Kier alpha value is -1.64. The van der Waals surface area contributed by atoms with Crippen LogP contribution >= 0.6 is 0 Å². The molecule has 3 heteroatoms. The van der Waals surface area contributed by atoms with Gasteiger partial charge in [0.2, 0.25) is 0 Å². The minimum absolute atomic E-state index is 0.0402. The van der Waals surface area contributed by atoms with Crippen molar-refractivity contribution < 1.29 is 14.3 Å². The lowest BCUT2D eigenvalue weighted by atomic mass is 9.81. The first-order valence-corrected chi connectivity index (χ1v) is 6.76. The quantitative estimate of drug-likeness (QED) is 0.314. The first kappa shape index (κ1) is 12.4. The maximum absolute atomic E-state index is 11.7. The van der Waals surface area contributed by atoms with Crippen molar-refractivity contribution in [3.8, 4) is 0 Å². The molecule has 3 fully saturated rings. The summed E-state index contributed by atoms with van der Waals surface area (Å²) in [6, 6.07) is 0. The molecule has 1 aliphatic heterocycles. The van der Waals surface area contributed by atoms with Crippen molar-refractivity contribution in [2.24, 2.45) is 23.7 Å². The third kappa shape index (κ3) is 1.64. The third-order valence-corrected chi connectivity index (χ3v) is 5.01. The van der Waals surface area contributed by atoms with E-state index in [0.29, 0.717) is 5.57 Å². The number of ether oxygens (including phenoxy) is 1. The number of hydrogen-bond acceptors (Lipinski definition) is 3. The fourth-order valence-corrected chi connectivity index (χ4v) is 3.90. The van der Waals surface area contributed by atoms with E-state index < -0.39 is 0 Å². The van der Waals surface area contributed by atoms with Crippen LogP contribution in [-0.4, -0.2) is 18.4 Å². The van der Waals surface area contributed by atoms with Crippen molar-refractivity contribution in [2.45, 2.75) is 25.4 Å². The Balaban J connectivity index is 2.01. The highest BCUT2D eigenvalue weighted by Gasteiger charge is 2.52. The van der Waals surface area contributed by atoms with E-state index in [2.05, 4.69) is 19.7 Å². The van der Waals surface area contributed by atoms with Gasteiger partial charge in [0.25, 0.3) is 0 Å². The van der Waals surface area contributed by atoms with Crippen LogP contribution in [0, 0.1) is 23.7 Å². The van der Waals surface area contributed by atoms with Crippen LogP contribution in [0.5, 0.6) is 0 Å². The fraction of sp³-hybridized carbons (Fsp3) is 0.500. The highest BCUT2D eigenvalue weighted by molar-refractivity contribution is 5.91. The number of aldehydes is 1. The van der Waals surface area contributed by atoms with E-state index in [1.54, 1.807) is 0 Å². The van der Waals surface area contributed by atoms with Crippen molar-refractivity contribution in [2.75, 3.05) is 0 Å². The Bertz CT molecular complexity index is 502. The first-order valence-electron chi connectivity index (χ1n) is 6.76. The highest BCUT2D eigenvalue weighted by Crippen LogP contribution is 2.53. The molecule has 100 valence electrons. The molecule has 0 aromatic heterocycles. The van der Waals surface area contributed by atoms with Crippen molar-refractivity contribution >= 4 is 12.3 Å². The monoisotopic (exact) mass is 258 g/mol. The van der Waals surface area contributed by atoms with E-state index in [1.165, 1.54) is 0 Å². The molecule has 1 saturated heterocycles. The molecule has 0 spiro atoms. The van der Waals surface area contributed by atoms with Gasteiger partial charge in [0.05, 0.1) is 0 Å². The highest BCUT2D eigenvalue weighted by atomic mass is 16.6. The molecular weight excluding hydrogens is 240 g/mol. The maximum Gasteiger partial charge on any atom is 0.334 e. The Morgan fingerprint density at radius 2 is 1.95 bits per heavy atom. The molecule has 5 unspecified atom stereocenters. The molecule has 5 atom stereocenters. The van der Waals surface area contributed by atoms with Crippen LogP contribution in [0.1, 0.15) is 19.3 Å². The SMILES string of the molecule is C=C1C(=O)OC2C1CCC(=C)C1CC(C=O)C(=C)C12. The number of carbonyl (C=O) groups excluding carboxylic acids is 2. The number of hydrogen-bond donors (Lipinski definition) is 0. The molecule has 3 nitrogen and oxygen atoms in total. The molecule has 2 aliphatic carbocycles. The normalized spacial score (nSPS) is 41.6. The van der Waals surface area contributed by atoms with Gasteiger partial charge in [0, 0.05) is 23.3 Å². The first-order chi connectivity index (χ1) is 9.04. The third-order valence-electron chi connectivity index (χ3n) is 5.01. The van der Waals surface area contributed by atoms with E-state index in [4.69, 9.17) is 4.74 Å². The standard InChI is InChI=1S/C16H18O3/c1-8-4-5-12-10(3)16(18)19-15(12)14-9(2)11(7-17)6-13(8)14/h7,11-15H,1-6H2. The lowest BCUT2D eigenvalue weighted by molar-refractivity contribution is -0.141. The summed E-state index contributed by atoms with van der Waals surface area (Å²) >= 11 is 0. The maximum atomic E-state index is 11.7. The van der Waals surface area contributed by atoms with Crippen molar-refractivity contribution in [3.63, 3.8) is 0 Å². The zero-order valence-electron chi connectivity index (χ0n) is 10.9. The molecule has 2 saturated carbocycles. The van der Waals surface area contributed by atoms with Gasteiger partial charge in [-0.2, -0.15) is 0 Å². The van der Waals surface area contributed by atoms with E-state index in [9.17, 15) is 9.59 Å². The zero-order valence-corrected chi connectivity index (χ0v) is 10.9. The summed E-state index contributed by atoms with van der Waals surface area (Å²) in [7, 11) is 0. The Morgan fingerprint density at radius 1 is 1.21 bits per heavy atom. The van der Waals surface area contributed by atoms with Gasteiger partial charge in [-0.3, -0.25) is 0 Å². The molecular formula is C16H18O3. The Morgan fingerprint density at radius 3 is 2.63 bits per heavy atom. The minimum atomic E-state index is -0.288. The van der Waals surface area contributed by atoms with Gasteiger partial charge in [0.15, 0.2) is 0 Å². The topological polar surface area (TPSA) is 43.4 Å². The molecule has 3 aliphatic rings. The van der Waals surface area contributed by atoms with E-state index in [1.807, 2.05) is 0 Å². The fourth-order valence-electron chi connectivity index (χ4n) is 3.90. The van der Waals surface area contributed by atoms with E-state index in [-0.39, 0.29) is 35.7 Å². The second-order valence-corrected chi connectivity index (χ2v) is 5.88. The number of fused-ring (bicyclic) bond motifs is 3. The van der Waals surface area contributed by atoms with Crippen molar-refractivity contribution in [1.29, 1.82) is 0 Å². The lowest BCUT2D eigenvalue weighted by Gasteiger charge is -2.26. The summed E-state index contributed by atoms with van der Waals surface area (Å²) in [4.78, 5) is 22.9. The molecule has 1 heterocycles. The molecule has 0 radical (unpaired) electrons. The van der Waals surface area contributed by atoms with Crippen LogP contribution in [0.25, 0.3) is 0 Å². The minimum Gasteiger partial charge on any atom is -0.458 e. The summed E-state index contributed by atoms with van der Waals surface area (Å²) < 4.78 is 5.53.